The standard InChI is InChI=1S/C14H16ClN3O2S2/c1-8(2)18-7-3-4-10(13(18)19)22-14-17-16-12(20-14)9-5-6-11(15)21-9/h5-6,8,10H,3-4,7H2,1-2H3. The third-order valence-electron chi connectivity index (χ3n) is 3.48. The maximum absolute atomic E-state index is 12.5. The lowest BCUT2D eigenvalue weighted by Crippen LogP contribution is -2.46. The summed E-state index contributed by atoms with van der Waals surface area (Å²) in [5.41, 5.74) is 0. The third kappa shape index (κ3) is 3.31. The molecule has 0 radical (unpaired) electrons. The van der Waals surface area contributed by atoms with Crippen LogP contribution in [0, 0.1) is 0 Å². The van der Waals surface area contributed by atoms with Crippen LogP contribution in [0.5, 0.6) is 0 Å². The molecule has 1 aliphatic heterocycles. The van der Waals surface area contributed by atoms with Crippen molar-refractivity contribution in [1.82, 2.24) is 15.1 Å². The molecule has 5 nitrogen and oxygen atoms in total. The summed E-state index contributed by atoms with van der Waals surface area (Å²) in [7, 11) is 0. The van der Waals surface area contributed by atoms with Crippen molar-refractivity contribution in [3.8, 4) is 10.8 Å². The molecule has 22 heavy (non-hydrogen) atoms. The summed E-state index contributed by atoms with van der Waals surface area (Å²) in [5, 5.41) is 8.36. The van der Waals surface area contributed by atoms with Gasteiger partial charge in [-0.15, -0.1) is 21.5 Å². The predicted octanol–water partition coefficient (Wildman–Crippen LogP) is 3.94. The Balaban J connectivity index is 1.71. The summed E-state index contributed by atoms with van der Waals surface area (Å²) in [6, 6.07) is 3.87. The van der Waals surface area contributed by atoms with Crippen LogP contribution in [0.4, 0.5) is 0 Å². The molecule has 0 saturated carbocycles. The van der Waals surface area contributed by atoms with E-state index in [4.69, 9.17) is 16.0 Å². The molecule has 0 aromatic carbocycles. The Kier molecular flexibility index (Phi) is 4.75. The van der Waals surface area contributed by atoms with Gasteiger partial charge in [0.05, 0.1) is 14.5 Å². The zero-order valence-corrected chi connectivity index (χ0v) is 14.7. The summed E-state index contributed by atoms with van der Waals surface area (Å²) >= 11 is 8.66. The van der Waals surface area contributed by atoms with E-state index in [-0.39, 0.29) is 17.2 Å². The van der Waals surface area contributed by atoms with E-state index in [1.807, 2.05) is 24.8 Å². The quantitative estimate of drug-likeness (QED) is 0.829. The van der Waals surface area contributed by atoms with Crippen molar-refractivity contribution >= 4 is 40.6 Å². The SMILES string of the molecule is CC(C)N1CCCC(Sc2nnc(-c3ccc(Cl)s3)o2)C1=O. The molecule has 1 aliphatic rings. The van der Waals surface area contributed by atoms with Gasteiger partial charge in [-0.05, 0) is 38.8 Å². The van der Waals surface area contributed by atoms with Crippen LogP contribution in [-0.2, 0) is 4.79 Å². The molecule has 2 aromatic heterocycles. The minimum Gasteiger partial charge on any atom is -0.410 e. The van der Waals surface area contributed by atoms with Crippen LogP contribution >= 0.6 is 34.7 Å². The molecule has 118 valence electrons. The number of halogens is 1. The number of thiophene rings is 1. The van der Waals surface area contributed by atoms with Gasteiger partial charge in [0.1, 0.15) is 0 Å². The number of piperidine rings is 1. The Labute approximate surface area is 142 Å². The van der Waals surface area contributed by atoms with E-state index in [1.54, 1.807) is 6.07 Å². The molecule has 1 unspecified atom stereocenters. The zero-order valence-electron chi connectivity index (χ0n) is 12.3. The molecule has 3 heterocycles. The van der Waals surface area contributed by atoms with E-state index < -0.39 is 0 Å². The van der Waals surface area contributed by atoms with Gasteiger partial charge in [0.2, 0.25) is 5.91 Å². The van der Waals surface area contributed by atoms with Crippen molar-refractivity contribution in [3.63, 3.8) is 0 Å². The molecular weight excluding hydrogens is 342 g/mol. The Morgan fingerprint density at radius 3 is 2.95 bits per heavy atom. The summed E-state index contributed by atoms with van der Waals surface area (Å²) < 4.78 is 6.33. The van der Waals surface area contributed by atoms with Gasteiger partial charge in [-0.25, -0.2) is 0 Å². The molecule has 0 bridgehead atoms. The molecule has 1 amide bonds. The van der Waals surface area contributed by atoms with Crippen molar-refractivity contribution in [2.24, 2.45) is 0 Å². The lowest BCUT2D eigenvalue weighted by atomic mass is 10.1. The number of thioether (sulfide) groups is 1. The number of likely N-dealkylation sites (tertiary alicyclic amines) is 1. The highest BCUT2D eigenvalue weighted by Gasteiger charge is 2.32. The van der Waals surface area contributed by atoms with Crippen molar-refractivity contribution in [2.75, 3.05) is 6.54 Å². The Bertz CT molecular complexity index is 671. The molecule has 8 heteroatoms. The molecule has 0 spiro atoms. The first-order chi connectivity index (χ1) is 10.5. The van der Waals surface area contributed by atoms with Gasteiger partial charge < -0.3 is 9.32 Å². The van der Waals surface area contributed by atoms with Gasteiger partial charge in [-0.1, -0.05) is 23.4 Å². The molecule has 3 rings (SSSR count). The highest BCUT2D eigenvalue weighted by atomic mass is 35.5. The fourth-order valence-electron chi connectivity index (χ4n) is 2.40. The Morgan fingerprint density at radius 2 is 2.27 bits per heavy atom. The maximum atomic E-state index is 12.5. The number of carbonyl (C=O) groups is 1. The number of carbonyl (C=O) groups excluding carboxylic acids is 1. The first kappa shape index (κ1) is 15.8. The Morgan fingerprint density at radius 1 is 1.45 bits per heavy atom. The van der Waals surface area contributed by atoms with Gasteiger partial charge in [0.15, 0.2) is 0 Å². The van der Waals surface area contributed by atoms with Gasteiger partial charge in [0, 0.05) is 12.6 Å². The predicted molar refractivity (Wildman–Crippen MR) is 88.3 cm³/mol. The average molecular weight is 358 g/mol. The first-order valence-corrected chi connectivity index (χ1v) is 9.18. The number of hydrogen-bond donors (Lipinski definition) is 0. The van der Waals surface area contributed by atoms with E-state index in [2.05, 4.69) is 10.2 Å². The number of aromatic nitrogens is 2. The Hall–Kier alpha value is -1.05. The summed E-state index contributed by atoms with van der Waals surface area (Å²) in [6.45, 7) is 4.91. The van der Waals surface area contributed by atoms with Gasteiger partial charge >= 0.3 is 0 Å². The minimum absolute atomic E-state index is 0.142. The normalized spacial score (nSPS) is 19.2. The van der Waals surface area contributed by atoms with Crippen molar-refractivity contribution < 1.29 is 9.21 Å². The van der Waals surface area contributed by atoms with Crippen LogP contribution in [0.2, 0.25) is 4.34 Å². The van der Waals surface area contributed by atoms with Gasteiger partial charge in [-0.3, -0.25) is 4.79 Å². The minimum atomic E-state index is -0.142. The molecule has 1 fully saturated rings. The monoisotopic (exact) mass is 357 g/mol. The third-order valence-corrected chi connectivity index (χ3v) is 5.79. The largest absolute Gasteiger partial charge is 0.410 e. The second kappa shape index (κ2) is 6.60. The second-order valence-electron chi connectivity index (χ2n) is 5.35. The molecule has 0 N–H and O–H groups in total. The van der Waals surface area contributed by atoms with Gasteiger partial charge in [0.25, 0.3) is 11.1 Å². The fraction of sp³-hybridized carbons (Fsp3) is 0.500. The van der Waals surface area contributed by atoms with Crippen LogP contribution in [0.3, 0.4) is 0 Å². The molecule has 0 aliphatic carbocycles. The van der Waals surface area contributed by atoms with Crippen LogP contribution in [0.25, 0.3) is 10.8 Å². The second-order valence-corrected chi connectivity index (χ2v) is 8.22. The van der Waals surface area contributed by atoms with Crippen molar-refractivity contribution in [3.05, 3.63) is 16.5 Å². The number of rotatable bonds is 4. The lowest BCUT2D eigenvalue weighted by Gasteiger charge is -2.34. The summed E-state index contributed by atoms with van der Waals surface area (Å²) in [4.78, 5) is 15.2. The number of amides is 1. The summed E-state index contributed by atoms with van der Waals surface area (Å²) in [6.07, 6.45) is 1.85. The lowest BCUT2D eigenvalue weighted by molar-refractivity contribution is -0.134. The maximum Gasteiger partial charge on any atom is 0.277 e. The van der Waals surface area contributed by atoms with E-state index in [1.165, 1.54) is 23.1 Å². The molecule has 1 atom stereocenters. The van der Waals surface area contributed by atoms with Crippen LogP contribution in [0.15, 0.2) is 21.8 Å². The first-order valence-electron chi connectivity index (χ1n) is 7.11. The fourth-order valence-corrected chi connectivity index (χ4v) is 4.34. The smallest absolute Gasteiger partial charge is 0.277 e. The van der Waals surface area contributed by atoms with Crippen LogP contribution in [-0.4, -0.2) is 38.8 Å². The van der Waals surface area contributed by atoms with E-state index in [9.17, 15) is 4.79 Å². The molecule has 2 aromatic rings. The molecule has 1 saturated heterocycles. The van der Waals surface area contributed by atoms with Crippen molar-refractivity contribution in [1.29, 1.82) is 0 Å². The highest BCUT2D eigenvalue weighted by Crippen LogP contribution is 2.34. The van der Waals surface area contributed by atoms with Crippen molar-refractivity contribution in [2.45, 2.75) is 43.2 Å². The highest BCUT2D eigenvalue weighted by molar-refractivity contribution is 8.00. The zero-order chi connectivity index (χ0) is 15.7. The summed E-state index contributed by atoms with van der Waals surface area (Å²) in [5.74, 6) is 0.605. The van der Waals surface area contributed by atoms with E-state index in [0.29, 0.717) is 15.4 Å². The number of hydrogen-bond acceptors (Lipinski definition) is 6. The number of nitrogens with zero attached hydrogens (tertiary/aromatic N) is 3. The van der Waals surface area contributed by atoms with Crippen LogP contribution < -0.4 is 0 Å². The van der Waals surface area contributed by atoms with Crippen LogP contribution in [0.1, 0.15) is 26.7 Å². The van der Waals surface area contributed by atoms with Gasteiger partial charge in [-0.2, -0.15) is 0 Å². The average Bonchev–Trinajstić information content (AvgIpc) is 3.09. The van der Waals surface area contributed by atoms with E-state index in [0.717, 1.165) is 24.3 Å². The van der Waals surface area contributed by atoms with E-state index >= 15 is 0 Å². The topological polar surface area (TPSA) is 59.2 Å². The molecular formula is C14H16ClN3O2S2.